The van der Waals surface area contributed by atoms with Crippen LogP contribution in [0.3, 0.4) is 0 Å². The van der Waals surface area contributed by atoms with E-state index in [1.807, 2.05) is 0 Å². The number of rotatable bonds is 7. The molecule has 0 saturated carbocycles. The number of amides is 3. The monoisotopic (exact) mass is 464 g/mol. The summed E-state index contributed by atoms with van der Waals surface area (Å²) in [5.74, 6) is 0.0875. The van der Waals surface area contributed by atoms with Crippen LogP contribution in [0, 0.1) is 0 Å². The van der Waals surface area contributed by atoms with Crippen molar-refractivity contribution in [1.29, 1.82) is 0 Å². The molecule has 9 heteroatoms. The number of thioether (sulfide) groups is 1. The second-order valence-electron chi connectivity index (χ2n) is 6.35. The molecule has 6 nitrogen and oxygen atoms in total. The predicted molar refractivity (Wildman–Crippen MR) is 119 cm³/mol. The highest BCUT2D eigenvalue weighted by Crippen LogP contribution is 2.34. The summed E-state index contributed by atoms with van der Waals surface area (Å²) in [5, 5.41) is 3.01. The van der Waals surface area contributed by atoms with Crippen LogP contribution in [0.1, 0.15) is 11.1 Å². The zero-order valence-corrected chi connectivity index (χ0v) is 18.3. The molecule has 0 bridgehead atoms. The maximum atomic E-state index is 12.6. The van der Waals surface area contributed by atoms with Crippen molar-refractivity contribution in [3.8, 4) is 5.75 Å². The molecule has 30 heavy (non-hydrogen) atoms. The first kappa shape index (κ1) is 22.2. The first-order valence-electron chi connectivity index (χ1n) is 8.98. The van der Waals surface area contributed by atoms with Crippen molar-refractivity contribution in [2.45, 2.75) is 6.42 Å². The first-order chi connectivity index (χ1) is 14.4. The minimum Gasteiger partial charge on any atom is -0.497 e. The number of methoxy groups -OCH3 is 1. The van der Waals surface area contributed by atoms with Gasteiger partial charge in [0, 0.05) is 13.1 Å². The Labute approximate surface area is 188 Å². The Morgan fingerprint density at radius 2 is 1.90 bits per heavy atom. The van der Waals surface area contributed by atoms with Crippen LogP contribution in [-0.2, 0) is 16.0 Å². The molecule has 0 spiro atoms. The second-order valence-corrected chi connectivity index (χ2v) is 8.13. The van der Waals surface area contributed by atoms with Gasteiger partial charge in [-0.15, -0.1) is 0 Å². The van der Waals surface area contributed by atoms with E-state index in [0.717, 1.165) is 22.2 Å². The smallest absolute Gasteiger partial charge is 0.293 e. The highest BCUT2D eigenvalue weighted by atomic mass is 35.5. The van der Waals surface area contributed by atoms with Gasteiger partial charge in [0.05, 0.1) is 28.5 Å². The summed E-state index contributed by atoms with van der Waals surface area (Å²) in [4.78, 5) is 38.2. The largest absolute Gasteiger partial charge is 0.497 e. The Hall–Kier alpha value is -2.48. The van der Waals surface area contributed by atoms with E-state index in [1.165, 1.54) is 0 Å². The van der Waals surface area contributed by atoms with Gasteiger partial charge in [-0.05, 0) is 47.2 Å². The molecule has 0 radical (unpaired) electrons. The second kappa shape index (κ2) is 10.0. The Balaban J connectivity index is 1.54. The number of hydrogen-bond donors (Lipinski definition) is 1. The van der Waals surface area contributed by atoms with E-state index >= 15 is 0 Å². The Kier molecular flexibility index (Phi) is 7.42. The quantitative estimate of drug-likeness (QED) is 0.614. The van der Waals surface area contributed by atoms with Gasteiger partial charge in [-0.1, -0.05) is 47.5 Å². The normalized spacial score (nSPS) is 15.0. The Bertz CT molecular complexity index is 1010. The number of imide groups is 1. The summed E-state index contributed by atoms with van der Waals surface area (Å²) < 4.78 is 5.08. The molecule has 3 rings (SSSR count). The van der Waals surface area contributed by atoms with Gasteiger partial charge in [-0.2, -0.15) is 0 Å². The summed E-state index contributed by atoms with van der Waals surface area (Å²) >= 11 is 13.0. The lowest BCUT2D eigenvalue weighted by Crippen LogP contribution is -2.37. The number of halogens is 2. The number of nitrogens with zero attached hydrogens (tertiary/aromatic N) is 1. The van der Waals surface area contributed by atoms with E-state index in [2.05, 4.69) is 5.32 Å². The number of carbonyl (C=O) groups is 3. The van der Waals surface area contributed by atoms with Crippen molar-refractivity contribution >= 4 is 58.1 Å². The Morgan fingerprint density at radius 3 is 2.60 bits per heavy atom. The molecule has 0 aromatic heterocycles. The molecule has 156 valence electrons. The third kappa shape index (κ3) is 5.36. The lowest BCUT2D eigenvalue weighted by Gasteiger charge is -2.13. The molecule has 1 aliphatic rings. The molecular weight excluding hydrogens is 447 g/mol. The highest BCUT2D eigenvalue weighted by molar-refractivity contribution is 8.18. The number of benzene rings is 2. The fourth-order valence-corrected chi connectivity index (χ4v) is 3.98. The van der Waals surface area contributed by atoms with Gasteiger partial charge in [-0.3, -0.25) is 19.3 Å². The molecule has 1 N–H and O–H groups in total. The van der Waals surface area contributed by atoms with Crippen LogP contribution < -0.4 is 10.1 Å². The van der Waals surface area contributed by atoms with Crippen LogP contribution in [0.4, 0.5) is 4.79 Å². The van der Waals surface area contributed by atoms with Crippen LogP contribution in [-0.4, -0.2) is 42.2 Å². The SMILES string of the molecule is COc1ccc(CC(=O)NCCN2C(=O)S/C(=C\c3cccc(Cl)c3Cl)C2=O)cc1. The van der Waals surface area contributed by atoms with Crippen molar-refractivity contribution < 1.29 is 19.1 Å². The van der Waals surface area contributed by atoms with Crippen LogP contribution in [0.5, 0.6) is 5.75 Å². The van der Waals surface area contributed by atoms with Gasteiger partial charge >= 0.3 is 0 Å². The maximum Gasteiger partial charge on any atom is 0.293 e. The van der Waals surface area contributed by atoms with E-state index in [4.69, 9.17) is 27.9 Å². The third-order valence-electron chi connectivity index (χ3n) is 4.32. The summed E-state index contributed by atoms with van der Waals surface area (Å²) in [7, 11) is 1.57. The summed E-state index contributed by atoms with van der Waals surface area (Å²) in [6, 6.07) is 12.2. The molecule has 0 aliphatic carbocycles. The van der Waals surface area contributed by atoms with Gasteiger partial charge in [-0.25, -0.2) is 0 Å². The van der Waals surface area contributed by atoms with Crippen molar-refractivity contribution in [3.63, 3.8) is 0 Å². The number of ether oxygens (including phenoxy) is 1. The van der Waals surface area contributed by atoms with E-state index in [1.54, 1.807) is 55.7 Å². The average molecular weight is 465 g/mol. The van der Waals surface area contributed by atoms with Gasteiger partial charge in [0.15, 0.2) is 0 Å². The molecule has 3 amide bonds. The first-order valence-corrected chi connectivity index (χ1v) is 10.6. The standard InChI is InChI=1S/C21H18Cl2N2O4S/c1-29-15-7-5-13(6-8-15)11-18(26)24-9-10-25-20(27)17(30-21(25)28)12-14-3-2-4-16(22)19(14)23/h2-8,12H,9-11H2,1H3,(H,24,26)/b17-12-. The van der Waals surface area contributed by atoms with E-state index in [0.29, 0.717) is 21.4 Å². The van der Waals surface area contributed by atoms with Gasteiger partial charge in [0.1, 0.15) is 5.75 Å². The van der Waals surface area contributed by atoms with Gasteiger partial charge in [0.2, 0.25) is 5.91 Å². The summed E-state index contributed by atoms with van der Waals surface area (Å²) in [5.41, 5.74) is 1.39. The zero-order valence-electron chi connectivity index (χ0n) is 16.0. The minimum atomic E-state index is -0.426. The van der Waals surface area contributed by atoms with Crippen LogP contribution in [0.15, 0.2) is 47.4 Å². The predicted octanol–water partition coefficient (Wildman–Crippen LogP) is 4.40. The molecular formula is C21H18Cl2N2O4S. The molecule has 1 heterocycles. The minimum absolute atomic E-state index is 0.0830. The fraction of sp³-hybridized carbons (Fsp3) is 0.190. The topological polar surface area (TPSA) is 75.7 Å². The number of hydrogen-bond acceptors (Lipinski definition) is 5. The summed E-state index contributed by atoms with van der Waals surface area (Å²) in [6.07, 6.45) is 1.74. The molecule has 2 aromatic rings. The lowest BCUT2D eigenvalue weighted by molar-refractivity contribution is -0.124. The van der Waals surface area contributed by atoms with E-state index in [-0.39, 0.29) is 30.3 Å². The molecule has 1 fully saturated rings. The van der Waals surface area contributed by atoms with Crippen molar-refractivity contribution in [1.82, 2.24) is 10.2 Å². The summed E-state index contributed by atoms with van der Waals surface area (Å²) in [6.45, 7) is 0.248. The molecule has 0 unspecified atom stereocenters. The van der Waals surface area contributed by atoms with Crippen LogP contribution in [0.2, 0.25) is 10.0 Å². The molecule has 1 saturated heterocycles. The lowest BCUT2D eigenvalue weighted by atomic mass is 10.1. The third-order valence-corrected chi connectivity index (χ3v) is 6.06. The van der Waals surface area contributed by atoms with Crippen LogP contribution >= 0.6 is 35.0 Å². The van der Waals surface area contributed by atoms with E-state index in [9.17, 15) is 14.4 Å². The number of carbonyl (C=O) groups excluding carboxylic acids is 3. The van der Waals surface area contributed by atoms with Gasteiger partial charge in [0.25, 0.3) is 11.1 Å². The van der Waals surface area contributed by atoms with Gasteiger partial charge < -0.3 is 10.1 Å². The van der Waals surface area contributed by atoms with Crippen molar-refractivity contribution in [2.24, 2.45) is 0 Å². The van der Waals surface area contributed by atoms with Crippen molar-refractivity contribution in [2.75, 3.05) is 20.2 Å². The van der Waals surface area contributed by atoms with Crippen LogP contribution in [0.25, 0.3) is 6.08 Å². The molecule has 2 aromatic carbocycles. The maximum absolute atomic E-state index is 12.6. The molecule has 0 atom stereocenters. The number of nitrogens with one attached hydrogen (secondary N) is 1. The van der Waals surface area contributed by atoms with E-state index < -0.39 is 11.1 Å². The highest BCUT2D eigenvalue weighted by Gasteiger charge is 2.34. The van der Waals surface area contributed by atoms with Crippen molar-refractivity contribution in [3.05, 3.63) is 68.5 Å². The Morgan fingerprint density at radius 1 is 1.17 bits per heavy atom. The zero-order chi connectivity index (χ0) is 21.7. The fourth-order valence-electron chi connectivity index (χ4n) is 2.76. The molecule has 1 aliphatic heterocycles. The average Bonchev–Trinajstić information content (AvgIpc) is 2.99.